The van der Waals surface area contributed by atoms with Gasteiger partial charge < -0.3 is 21.1 Å². The van der Waals surface area contributed by atoms with Gasteiger partial charge in [0, 0.05) is 30.4 Å². The van der Waals surface area contributed by atoms with Gasteiger partial charge >= 0.3 is 0 Å². The van der Waals surface area contributed by atoms with E-state index in [1.165, 1.54) is 4.52 Å². The number of hydrogen-bond acceptors (Lipinski definition) is 8. The van der Waals surface area contributed by atoms with Gasteiger partial charge in [-0.2, -0.15) is 0 Å². The fraction of sp³-hybridized carbons (Fsp3) is 0.500. The molecule has 1 atom stereocenters. The van der Waals surface area contributed by atoms with E-state index in [1.54, 1.807) is 30.2 Å². The second kappa shape index (κ2) is 9.69. The number of aromatic nitrogens is 3. The zero-order valence-corrected chi connectivity index (χ0v) is 24.2. The summed E-state index contributed by atoms with van der Waals surface area (Å²) in [5.41, 5.74) is 8.18. The summed E-state index contributed by atoms with van der Waals surface area (Å²) in [7, 11) is -3.67. The summed E-state index contributed by atoms with van der Waals surface area (Å²) >= 11 is 0. The molecule has 1 aromatic carbocycles. The lowest BCUT2D eigenvalue weighted by Crippen LogP contribution is -2.42. The number of carbonyl (C=O) groups excluding carboxylic acids is 2. The van der Waals surface area contributed by atoms with Crippen molar-refractivity contribution in [3.05, 3.63) is 41.1 Å². The van der Waals surface area contributed by atoms with Gasteiger partial charge in [-0.05, 0) is 82.1 Å². The van der Waals surface area contributed by atoms with Crippen molar-refractivity contribution in [3.8, 4) is 11.3 Å². The van der Waals surface area contributed by atoms with Gasteiger partial charge in [-0.1, -0.05) is 0 Å². The maximum Gasteiger partial charge on any atom is 0.259 e. The number of nitrogens with two attached hydrogens (primary N) is 1. The van der Waals surface area contributed by atoms with Crippen molar-refractivity contribution >= 4 is 39.0 Å². The minimum absolute atomic E-state index is 0.0404. The van der Waals surface area contributed by atoms with Crippen LogP contribution in [0.3, 0.4) is 0 Å². The number of benzene rings is 1. The molecule has 2 aliphatic carbocycles. The van der Waals surface area contributed by atoms with Gasteiger partial charge in [0.15, 0.2) is 11.5 Å². The van der Waals surface area contributed by atoms with Crippen LogP contribution in [-0.2, 0) is 16.6 Å². The lowest BCUT2D eigenvalue weighted by atomic mass is 9.83. The molecule has 218 valence electrons. The lowest BCUT2D eigenvalue weighted by molar-refractivity contribution is 0.0140. The number of nitrogen functional groups attached to an aromatic ring is 1. The first-order valence-corrected chi connectivity index (χ1v) is 15.8. The Morgan fingerprint density at radius 1 is 1.22 bits per heavy atom. The maximum absolute atomic E-state index is 13.4. The Morgan fingerprint density at radius 2 is 1.93 bits per heavy atom. The van der Waals surface area contributed by atoms with Crippen LogP contribution < -0.4 is 15.8 Å². The Hall–Kier alpha value is -3.71. The molecule has 3 aromatic rings. The molecule has 1 unspecified atom stereocenters. The summed E-state index contributed by atoms with van der Waals surface area (Å²) in [6.45, 7) is 4.21. The molecule has 5 N–H and O–H groups in total. The molecule has 2 aromatic heterocycles. The molecule has 13 heteroatoms. The predicted molar refractivity (Wildman–Crippen MR) is 154 cm³/mol. The zero-order valence-electron chi connectivity index (χ0n) is 23.3. The van der Waals surface area contributed by atoms with Crippen LogP contribution in [0.5, 0.6) is 0 Å². The third-order valence-electron chi connectivity index (χ3n) is 8.56. The van der Waals surface area contributed by atoms with E-state index >= 15 is 0 Å². The van der Waals surface area contributed by atoms with Gasteiger partial charge in [-0.25, -0.2) is 17.9 Å². The van der Waals surface area contributed by atoms with E-state index in [0.29, 0.717) is 60.5 Å². The van der Waals surface area contributed by atoms with Gasteiger partial charge in [0.1, 0.15) is 5.56 Å². The molecule has 41 heavy (non-hydrogen) atoms. The molecule has 0 saturated heterocycles. The topological polar surface area (TPSA) is 172 Å². The minimum Gasteiger partial charge on any atom is -0.390 e. The smallest absolute Gasteiger partial charge is 0.259 e. The zero-order chi connectivity index (χ0) is 29.3. The van der Waals surface area contributed by atoms with Crippen molar-refractivity contribution < 1.29 is 23.1 Å². The first-order chi connectivity index (χ1) is 19.3. The molecule has 2 saturated carbocycles. The normalized spacial score (nSPS) is 23.5. The highest BCUT2D eigenvalue weighted by Gasteiger charge is 2.40. The fourth-order valence-corrected chi connectivity index (χ4v) is 6.60. The highest BCUT2D eigenvalue weighted by atomic mass is 32.2. The van der Waals surface area contributed by atoms with Gasteiger partial charge in [0.25, 0.3) is 11.8 Å². The summed E-state index contributed by atoms with van der Waals surface area (Å²) in [6.07, 6.45) is 7.33. The van der Waals surface area contributed by atoms with Crippen molar-refractivity contribution in [2.45, 2.75) is 76.6 Å². The average Bonchev–Trinajstić information content (AvgIpc) is 3.61. The number of rotatable bonds is 7. The largest absolute Gasteiger partial charge is 0.390 e. The van der Waals surface area contributed by atoms with Gasteiger partial charge in [0.2, 0.25) is 10.0 Å². The standard InChI is InChI=1S/C28H35N7O5S/c1-15(16-4-5-16)34-14-18-12-17(13-21(22(18)27(34)37)33-41(3,39)40)20-8-11-35-25(31-20)23(24(29)32-35)26(36)30-19-6-9-28(2,38)10-7-19/h8,11-13,15-16,19,33,38H,4-7,9-10,14H2,1-3H3,(H2,29,32)(H,30,36)/t15?,19-,28+. The van der Waals surface area contributed by atoms with Crippen molar-refractivity contribution in [1.82, 2.24) is 24.8 Å². The lowest BCUT2D eigenvalue weighted by Gasteiger charge is -2.33. The fourth-order valence-electron chi connectivity index (χ4n) is 6.03. The van der Waals surface area contributed by atoms with E-state index in [-0.39, 0.29) is 40.7 Å². The number of aliphatic hydroxyl groups is 1. The van der Waals surface area contributed by atoms with E-state index in [2.05, 4.69) is 15.1 Å². The first-order valence-electron chi connectivity index (χ1n) is 13.9. The third kappa shape index (κ3) is 5.35. The Balaban J connectivity index is 1.36. The van der Waals surface area contributed by atoms with Crippen LogP contribution in [0.1, 0.15) is 78.7 Å². The Bertz CT molecular complexity index is 1670. The molecule has 3 aliphatic rings. The quantitative estimate of drug-likeness (QED) is 0.330. The number of anilines is 2. The van der Waals surface area contributed by atoms with E-state index in [4.69, 9.17) is 10.7 Å². The van der Waals surface area contributed by atoms with Gasteiger partial charge in [-0.15, -0.1) is 5.10 Å². The number of amides is 2. The van der Waals surface area contributed by atoms with Gasteiger partial charge in [0.05, 0.1) is 28.8 Å². The number of fused-ring (bicyclic) bond motifs is 2. The summed E-state index contributed by atoms with van der Waals surface area (Å²) in [5.74, 6) is -0.0786. The molecule has 12 nitrogen and oxygen atoms in total. The summed E-state index contributed by atoms with van der Waals surface area (Å²) < 4.78 is 28.5. The molecule has 2 amide bonds. The van der Waals surface area contributed by atoms with Crippen LogP contribution in [0.25, 0.3) is 16.9 Å². The van der Waals surface area contributed by atoms with E-state index in [0.717, 1.165) is 19.1 Å². The third-order valence-corrected chi connectivity index (χ3v) is 9.15. The van der Waals surface area contributed by atoms with Crippen molar-refractivity contribution in [3.63, 3.8) is 0 Å². The number of sulfonamides is 1. The van der Waals surface area contributed by atoms with E-state index in [1.807, 2.05) is 13.0 Å². The average molecular weight is 582 g/mol. The number of nitrogens with one attached hydrogen (secondary N) is 2. The van der Waals surface area contributed by atoms with Crippen LogP contribution in [-0.4, -0.2) is 68.8 Å². The Labute approximate surface area is 238 Å². The molecule has 0 bridgehead atoms. The summed E-state index contributed by atoms with van der Waals surface area (Å²) in [4.78, 5) is 33.3. The summed E-state index contributed by atoms with van der Waals surface area (Å²) in [5, 5.41) is 17.5. The van der Waals surface area contributed by atoms with E-state index < -0.39 is 21.5 Å². The van der Waals surface area contributed by atoms with Crippen LogP contribution in [0.15, 0.2) is 24.4 Å². The Kier molecular flexibility index (Phi) is 6.49. The predicted octanol–water partition coefficient (Wildman–Crippen LogP) is 2.53. The molecule has 0 spiro atoms. The second-order valence-corrected chi connectivity index (χ2v) is 13.8. The monoisotopic (exact) mass is 581 g/mol. The van der Waals surface area contributed by atoms with Crippen LogP contribution in [0.2, 0.25) is 0 Å². The molecule has 2 fully saturated rings. The second-order valence-electron chi connectivity index (χ2n) is 12.0. The highest BCUT2D eigenvalue weighted by Crippen LogP contribution is 2.41. The van der Waals surface area contributed by atoms with Crippen molar-refractivity contribution in [1.29, 1.82) is 0 Å². The molecular formula is C28H35N7O5S. The summed E-state index contributed by atoms with van der Waals surface area (Å²) in [6, 6.07) is 5.13. The molecular weight excluding hydrogens is 546 g/mol. The number of carbonyl (C=O) groups is 2. The first kappa shape index (κ1) is 27.5. The maximum atomic E-state index is 13.4. The molecule has 6 rings (SSSR count). The Morgan fingerprint density at radius 3 is 2.59 bits per heavy atom. The number of nitrogens with zero attached hydrogens (tertiary/aromatic N) is 4. The molecule has 1 aliphatic heterocycles. The van der Waals surface area contributed by atoms with Gasteiger partial charge in [-0.3, -0.25) is 14.3 Å². The van der Waals surface area contributed by atoms with Crippen LogP contribution in [0, 0.1) is 5.92 Å². The highest BCUT2D eigenvalue weighted by molar-refractivity contribution is 7.92. The molecule has 3 heterocycles. The van der Waals surface area contributed by atoms with E-state index in [9.17, 15) is 23.1 Å². The minimum atomic E-state index is -3.67. The van der Waals surface area contributed by atoms with Crippen molar-refractivity contribution in [2.75, 3.05) is 16.7 Å². The van der Waals surface area contributed by atoms with Crippen LogP contribution in [0.4, 0.5) is 11.5 Å². The van der Waals surface area contributed by atoms with Crippen LogP contribution >= 0.6 is 0 Å². The van der Waals surface area contributed by atoms with Crippen molar-refractivity contribution in [2.24, 2.45) is 5.92 Å². The molecule has 0 radical (unpaired) electrons. The SMILES string of the molecule is CC(C1CC1)N1Cc2cc(-c3ccn4nc(N)c(C(=O)N[C@H]5CC[C@@](C)(O)CC5)c4n3)cc(NS(C)(=O)=O)c2C1=O. The number of hydrogen-bond donors (Lipinski definition) is 4.